The quantitative estimate of drug-likeness (QED) is 0.670. The van der Waals surface area contributed by atoms with Crippen LogP contribution in [0.1, 0.15) is 10.4 Å². The Hall–Kier alpha value is -3.68. The van der Waals surface area contributed by atoms with Crippen molar-refractivity contribution < 1.29 is 18.7 Å². The molecule has 8 nitrogen and oxygen atoms in total. The highest BCUT2D eigenvalue weighted by atomic mass is 16.5. The number of benzene rings is 2. The summed E-state index contributed by atoms with van der Waals surface area (Å²) in [6.07, 6.45) is 0. The molecule has 1 aromatic heterocycles. The summed E-state index contributed by atoms with van der Waals surface area (Å²) in [5, 5.41) is 10.0. The Balaban J connectivity index is 1.55. The lowest BCUT2D eigenvalue weighted by atomic mass is 10.2. The number of aromatic nitrogens is 2. The van der Waals surface area contributed by atoms with Gasteiger partial charge in [-0.3, -0.25) is 10.1 Å². The minimum Gasteiger partial charge on any atom is -0.452 e. The lowest BCUT2D eigenvalue weighted by molar-refractivity contribution is -0.119. The number of hydrogen-bond donors (Lipinski definition) is 1. The van der Waals surface area contributed by atoms with Crippen molar-refractivity contribution in [3.63, 3.8) is 0 Å². The van der Waals surface area contributed by atoms with Gasteiger partial charge >= 0.3 is 12.0 Å². The predicted octanol–water partition coefficient (Wildman–Crippen LogP) is 2.60. The number of rotatable bonds is 6. The first-order chi connectivity index (χ1) is 13.0. The zero-order valence-electron chi connectivity index (χ0n) is 14.9. The number of carbonyl (C=O) groups excluding carboxylic acids is 2. The molecule has 1 amide bonds. The molecule has 0 saturated heterocycles. The number of carbonyl (C=O) groups is 2. The molecule has 1 heterocycles. The summed E-state index contributed by atoms with van der Waals surface area (Å²) >= 11 is 0. The lowest BCUT2D eigenvalue weighted by Crippen LogP contribution is -2.21. The molecule has 3 rings (SSSR count). The first kappa shape index (κ1) is 18.1. The van der Waals surface area contributed by atoms with Crippen molar-refractivity contribution >= 4 is 23.6 Å². The SMILES string of the molecule is CN(C)c1cccc(C(=O)OCC(=O)Nc2nnc(-c3ccccc3)o2)c1. The van der Waals surface area contributed by atoms with Gasteiger partial charge in [0.2, 0.25) is 5.89 Å². The average molecular weight is 366 g/mol. The fourth-order valence-corrected chi connectivity index (χ4v) is 2.25. The van der Waals surface area contributed by atoms with Gasteiger partial charge in [-0.15, -0.1) is 5.10 Å². The third-order valence-corrected chi connectivity index (χ3v) is 3.62. The Morgan fingerprint density at radius 1 is 1.07 bits per heavy atom. The van der Waals surface area contributed by atoms with Gasteiger partial charge in [-0.2, -0.15) is 0 Å². The van der Waals surface area contributed by atoms with E-state index in [1.54, 1.807) is 18.2 Å². The summed E-state index contributed by atoms with van der Waals surface area (Å²) in [6, 6.07) is 16.0. The molecule has 1 N–H and O–H groups in total. The van der Waals surface area contributed by atoms with Crippen LogP contribution in [0.15, 0.2) is 59.0 Å². The van der Waals surface area contributed by atoms with E-state index in [0.717, 1.165) is 11.3 Å². The van der Waals surface area contributed by atoms with Gasteiger partial charge in [-0.1, -0.05) is 29.4 Å². The van der Waals surface area contributed by atoms with Crippen LogP contribution in [-0.2, 0) is 9.53 Å². The first-order valence-electron chi connectivity index (χ1n) is 8.16. The highest BCUT2D eigenvalue weighted by Gasteiger charge is 2.14. The molecule has 138 valence electrons. The molecule has 8 heteroatoms. The molecule has 0 unspecified atom stereocenters. The Bertz CT molecular complexity index is 938. The van der Waals surface area contributed by atoms with Crippen molar-refractivity contribution in [2.75, 3.05) is 30.9 Å². The number of ether oxygens (including phenoxy) is 1. The van der Waals surface area contributed by atoms with Gasteiger partial charge in [-0.25, -0.2) is 4.79 Å². The number of hydrogen-bond acceptors (Lipinski definition) is 7. The van der Waals surface area contributed by atoms with Gasteiger partial charge in [-0.05, 0) is 30.3 Å². The Morgan fingerprint density at radius 3 is 2.59 bits per heavy atom. The van der Waals surface area contributed by atoms with Crippen molar-refractivity contribution in [2.45, 2.75) is 0 Å². The molecule has 2 aromatic carbocycles. The fourth-order valence-electron chi connectivity index (χ4n) is 2.25. The molecule has 0 radical (unpaired) electrons. The minimum absolute atomic E-state index is 0.0653. The van der Waals surface area contributed by atoms with E-state index in [-0.39, 0.29) is 11.9 Å². The number of anilines is 2. The van der Waals surface area contributed by atoms with E-state index in [2.05, 4.69) is 15.5 Å². The number of amides is 1. The predicted molar refractivity (Wildman–Crippen MR) is 99.4 cm³/mol. The summed E-state index contributed by atoms with van der Waals surface area (Å²) in [7, 11) is 3.73. The minimum atomic E-state index is -0.593. The molecule has 0 spiro atoms. The molecule has 0 aliphatic carbocycles. The average Bonchev–Trinajstić information content (AvgIpc) is 3.15. The van der Waals surface area contributed by atoms with Gasteiger partial charge in [0, 0.05) is 25.3 Å². The van der Waals surface area contributed by atoms with Crippen molar-refractivity contribution in [3.8, 4) is 11.5 Å². The zero-order chi connectivity index (χ0) is 19.2. The molecule has 0 fully saturated rings. The van der Waals surface area contributed by atoms with Crippen LogP contribution in [0, 0.1) is 0 Å². The van der Waals surface area contributed by atoms with Gasteiger partial charge in [0.25, 0.3) is 5.91 Å². The van der Waals surface area contributed by atoms with Crippen LogP contribution in [0.3, 0.4) is 0 Å². The van der Waals surface area contributed by atoms with Crippen LogP contribution in [0.4, 0.5) is 11.7 Å². The largest absolute Gasteiger partial charge is 0.452 e. The standard InChI is InChI=1S/C19H18N4O4/c1-23(2)15-10-6-9-14(11-15)18(25)26-12-16(24)20-19-22-21-17(27-19)13-7-4-3-5-8-13/h3-11H,12H2,1-2H3,(H,20,22,24). The van der Waals surface area contributed by atoms with Gasteiger partial charge in [0.15, 0.2) is 6.61 Å². The number of nitrogens with one attached hydrogen (secondary N) is 1. The van der Waals surface area contributed by atoms with Gasteiger partial charge < -0.3 is 14.1 Å². The second kappa shape index (κ2) is 8.13. The van der Waals surface area contributed by atoms with E-state index < -0.39 is 18.5 Å². The monoisotopic (exact) mass is 366 g/mol. The molecular formula is C19H18N4O4. The van der Waals surface area contributed by atoms with E-state index >= 15 is 0 Å². The summed E-state index contributed by atoms with van der Waals surface area (Å²) in [4.78, 5) is 25.9. The number of nitrogens with zero attached hydrogens (tertiary/aromatic N) is 3. The molecule has 0 aliphatic heterocycles. The normalized spacial score (nSPS) is 10.3. The van der Waals surface area contributed by atoms with Crippen molar-refractivity contribution in [3.05, 3.63) is 60.2 Å². The van der Waals surface area contributed by atoms with Gasteiger partial charge in [0.05, 0.1) is 5.56 Å². The number of esters is 1. The van der Waals surface area contributed by atoms with Crippen molar-refractivity contribution in [2.24, 2.45) is 0 Å². The summed E-state index contributed by atoms with van der Waals surface area (Å²) in [5.41, 5.74) is 1.95. The van der Waals surface area contributed by atoms with Crippen LogP contribution in [0.5, 0.6) is 0 Å². The highest BCUT2D eigenvalue weighted by Crippen LogP contribution is 2.19. The molecule has 3 aromatic rings. The summed E-state index contributed by atoms with van der Waals surface area (Å²) < 4.78 is 10.4. The van der Waals surface area contributed by atoms with Crippen LogP contribution in [0.25, 0.3) is 11.5 Å². The molecular weight excluding hydrogens is 348 g/mol. The van der Waals surface area contributed by atoms with Crippen molar-refractivity contribution in [1.29, 1.82) is 0 Å². The van der Waals surface area contributed by atoms with Gasteiger partial charge in [0.1, 0.15) is 0 Å². The fraction of sp³-hybridized carbons (Fsp3) is 0.158. The van der Waals surface area contributed by atoms with E-state index in [0.29, 0.717) is 5.56 Å². The summed E-state index contributed by atoms with van der Waals surface area (Å²) in [5.74, 6) is -0.886. The molecule has 0 atom stereocenters. The smallest absolute Gasteiger partial charge is 0.338 e. The third kappa shape index (κ3) is 4.69. The molecule has 0 bridgehead atoms. The second-order valence-electron chi connectivity index (χ2n) is 5.85. The summed E-state index contributed by atoms with van der Waals surface area (Å²) in [6.45, 7) is -0.464. The van der Waals surface area contributed by atoms with E-state index in [9.17, 15) is 9.59 Å². The first-order valence-corrected chi connectivity index (χ1v) is 8.16. The third-order valence-electron chi connectivity index (χ3n) is 3.62. The Labute approximate surface area is 155 Å². The topological polar surface area (TPSA) is 97.6 Å². The maximum Gasteiger partial charge on any atom is 0.338 e. The Morgan fingerprint density at radius 2 is 1.85 bits per heavy atom. The maximum atomic E-state index is 12.1. The molecule has 27 heavy (non-hydrogen) atoms. The lowest BCUT2D eigenvalue weighted by Gasteiger charge is -2.13. The second-order valence-corrected chi connectivity index (χ2v) is 5.85. The molecule has 0 saturated carbocycles. The maximum absolute atomic E-state index is 12.1. The van der Waals surface area contributed by atoms with Crippen LogP contribution in [0.2, 0.25) is 0 Å². The van der Waals surface area contributed by atoms with E-state index in [1.165, 1.54) is 0 Å². The van der Waals surface area contributed by atoms with E-state index in [1.807, 2.05) is 55.4 Å². The van der Waals surface area contributed by atoms with Crippen molar-refractivity contribution in [1.82, 2.24) is 10.2 Å². The Kier molecular flexibility index (Phi) is 5.46. The van der Waals surface area contributed by atoms with Crippen LogP contribution >= 0.6 is 0 Å². The van der Waals surface area contributed by atoms with Crippen LogP contribution < -0.4 is 10.2 Å². The highest BCUT2D eigenvalue weighted by molar-refractivity contribution is 5.95. The van der Waals surface area contributed by atoms with Crippen LogP contribution in [-0.4, -0.2) is 42.8 Å². The zero-order valence-corrected chi connectivity index (χ0v) is 14.9. The van der Waals surface area contributed by atoms with E-state index in [4.69, 9.17) is 9.15 Å². The molecule has 0 aliphatic rings.